The highest BCUT2D eigenvalue weighted by Crippen LogP contribution is 2.31. The second-order valence-corrected chi connectivity index (χ2v) is 10.3. The summed E-state index contributed by atoms with van der Waals surface area (Å²) >= 11 is 2.86. The van der Waals surface area contributed by atoms with Crippen molar-refractivity contribution in [3.63, 3.8) is 0 Å². The molecule has 1 aliphatic rings. The molecular formula is C23H29N3O7S2. The molecule has 1 saturated carbocycles. The molecule has 3 rings (SSSR count). The van der Waals surface area contributed by atoms with Crippen LogP contribution in [0.15, 0.2) is 40.6 Å². The number of carbonyl (C=O) groups excluding carboxylic acids is 3. The first-order chi connectivity index (χ1) is 16.6. The minimum absolute atomic E-state index is 0.145. The first kappa shape index (κ1) is 27.0. The van der Waals surface area contributed by atoms with Gasteiger partial charge < -0.3 is 36.4 Å². The number of hydrogen-bond donors (Lipinski definition) is 6. The van der Waals surface area contributed by atoms with Crippen molar-refractivity contribution < 1.29 is 34.4 Å². The molecule has 0 aliphatic heterocycles. The molecule has 0 radical (unpaired) electrons. The number of amides is 3. The molecule has 5 atom stereocenters. The van der Waals surface area contributed by atoms with Gasteiger partial charge in [0.25, 0.3) is 11.8 Å². The summed E-state index contributed by atoms with van der Waals surface area (Å²) in [7, 11) is 1.42. The van der Waals surface area contributed by atoms with Crippen molar-refractivity contribution in [1.82, 2.24) is 10.6 Å². The van der Waals surface area contributed by atoms with Crippen LogP contribution in [-0.4, -0.2) is 76.3 Å². The molecule has 2 aromatic rings. The van der Waals surface area contributed by atoms with Gasteiger partial charge in [-0.05, 0) is 35.9 Å². The van der Waals surface area contributed by atoms with Gasteiger partial charge in [-0.15, -0.1) is 23.1 Å². The fraction of sp³-hybridized carbons (Fsp3) is 0.435. The number of primary amides is 1. The van der Waals surface area contributed by atoms with E-state index in [1.165, 1.54) is 30.2 Å². The quantitative estimate of drug-likeness (QED) is 0.250. The Morgan fingerprint density at radius 3 is 2.63 bits per heavy atom. The van der Waals surface area contributed by atoms with Crippen LogP contribution in [0.4, 0.5) is 0 Å². The van der Waals surface area contributed by atoms with Crippen molar-refractivity contribution >= 4 is 40.8 Å². The van der Waals surface area contributed by atoms with E-state index in [2.05, 4.69) is 10.6 Å². The minimum Gasteiger partial charge on any atom is -0.496 e. The number of methoxy groups -OCH3 is 1. The van der Waals surface area contributed by atoms with Crippen LogP contribution in [0.25, 0.3) is 0 Å². The van der Waals surface area contributed by atoms with E-state index in [1.54, 1.807) is 30.3 Å². The van der Waals surface area contributed by atoms with E-state index in [1.807, 2.05) is 11.6 Å². The highest BCUT2D eigenvalue weighted by molar-refractivity contribution is 7.98. The Bertz CT molecular complexity index is 1070. The number of nitrogens with two attached hydrogens (primary N) is 1. The molecule has 35 heavy (non-hydrogen) atoms. The van der Waals surface area contributed by atoms with Crippen LogP contribution < -0.4 is 21.1 Å². The van der Waals surface area contributed by atoms with E-state index in [0.29, 0.717) is 5.75 Å². The van der Waals surface area contributed by atoms with Gasteiger partial charge in [0.2, 0.25) is 5.91 Å². The SMILES string of the molecule is COc1cc(SC)ccc1C(=O)N[C@H]1C[C@@](O)(C(=O)N[C@@H](Cc2cccs2)C(N)=O)C[C@@H](O)[C@@H]1O. The number of hydrogen-bond acceptors (Lipinski definition) is 9. The Morgan fingerprint density at radius 1 is 1.29 bits per heavy atom. The molecule has 190 valence electrons. The van der Waals surface area contributed by atoms with E-state index < -0.39 is 60.5 Å². The second kappa shape index (κ2) is 11.4. The fourth-order valence-electron chi connectivity index (χ4n) is 4.00. The summed E-state index contributed by atoms with van der Waals surface area (Å²) < 4.78 is 5.29. The number of ether oxygens (including phenoxy) is 1. The largest absolute Gasteiger partial charge is 0.496 e. The summed E-state index contributed by atoms with van der Waals surface area (Å²) in [5.74, 6) is -2.00. The normalized spacial score (nSPS) is 24.9. The molecule has 1 aliphatic carbocycles. The van der Waals surface area contributed by atoms with E-state index >= 15 is 0 Å². The third kappa shape index (κ3) is 6.33. The zero-order valence-electron chi connectivity index (χ0n) is 19.3. The lowest BCUT2D eigenvalue weighted by Gasteiger charge is -2.41. The standard InChI is InChI=1S/C23H29N3O7S2/c1-33-18-9-12(34-2)5-6-14(18)21(30)25-16-10-23(32,11-17(27)19(16)28)22(31)26-15(20(24)29)8-13-4-3-7-35-13/h3-7,9,15-17,19,27-28,32H,8,10-11H2,1-2H3,(H2,24,29)(H,25,30)(H,26,31)/t15-,16-,17+,19+,23-/m0/s1. The highest BCUT2D eigenvalue weighted by Gasteiger charge is 2.49. The number of rotatable bonds is 9. The Labute approximate surface area is 210 Å². The van der Waals surface area contributed by atoms with Crippen LogP contribution in [0.3, 0.4) is 0 Å². The van der Waals surface area contributed by atoms with E-state index in [4.69, 9.17) is 10.5 Å². The van der Waals surface area contributed by atoms with Gasteiger partial charge in [-0.25, -0.2) is 0 Å². The lowest BCUT2D eigenvalue weighted by molar-refractivity contribution is -0.159. The van der Waals surface area contributed by atoms with Gasteiger partial charge in [0.15, 0.2) is 0 Å². The predicted octanol–water partition coefficient (Wildman–Crippen LogP) is 0.0365. The molecule has 7 N–H and O–H groups in total. The first-order valence-electron chi connectivity index (χ1n) is 10.8. The smallest absolute Gasteiger partial charge is 0.255 e. The molecule has 1 fully saturated rings. The molecule has 1 aromatic heterocycles. The summed E-state index contributed by atoms with van der Waals surface area (Å²) in [4.78, 5) is 39.5. The maximum Gasteiger partial charge on any atom is 0.255 e. The van der Waals surface area contributed by atoms with Crippen molar-refractivity contribution in [1.29, 1.82) is 0 Å². The van der Waals surface area contributed by atoms with Crippen molar-refractivity contribution in [3.8, 4) is 5.75 Å². The van der Waals surface area contributed by atoms with Crippen molar-refractivity contribution in [3.05, 3.63) is 46.2 Å². The Kier molecular flexibility index (Phi) is 8.78. The lowest BCUT2D eigenvalue weighted by atomic mass is 9.77. The minimum atomic E-state index is -2.16. The number of aliphatic hydroxyl groups is 3. The molecule has 10 nitrogen and oxygen atoms in total. The van der Waals surface area contributed by atoms with Crippen LogP contribution in [0.2, 0.25) is 0 Å². The monoisotopic (exact) mass is 523 g/mol. The maximum atomic E-state index is 13.0. The van der Waals surface area contributed by atoms with Crippen LogP contribution in [-0.2, 0) is 16.0 Å². The third-order valence-corrected chi connectivity index (χ3v) is 7.56. The number of thioether (sulfide) groups is 1. The summed E-state index contributed by atoms with van der Waals surface area (Å²) in [6.45, 7) is 0. The third-order valence-electron chi connectivity index (χ3n) is 5.94. The van der Waals surface area contributed by atoms with Gasteiger partial charge in [0, 0.05) is 29.0 Å². The fourth-order valence-corrected chi connectivity index (χ4v) is 5.18. The Balaban J connectivity index is 1.75. The molecule has 3 amide bonds. The Hall–Kier alpha value is -2.64. The topological polar surface area (TPSA) is 171 Å². The van der Waals surface area contributed by atoms with E-state index in [0.717, 1.165) is 9.77 Å². The number of nitrogens with one attached hydrogen (secondary N) is 2. The van der Waals surface area contributed by atoms with Crippen molar-refractivity contribution in [2.24, 2.45) is 5.73 Å². The van der Waals surface area contributed by atoms with E-state index in [-0.39, 0.29) is 12.0 Å². The zero-order chi connectivity index (χ0) is 25.8. The summed E-state index contributed by atoms with van der Waals surface area (Å²) in [6, 6.07) is 6.32. The number of aliphatic hydroxyl groups excluding tert-OH is 2. The van der Waals surface area contributed by atoms with Gasteiger partial charge in [0.05, 0.1) is 24.8 Å². The molecule has 1 aromatic carbocycles. The number of carbonyl (C=O) groups is 3. The van der Waals surface area contributed by atoms with Gasteiger partial charge in [-0.2, -0.15) is 0 Å². The van der Waals surface area contributed by atoms with Gasteiger partial charge in [-0.1, -0.05) is 6.07 Å². The van der Waals surface area contributed by atoms with Crippen molar-refractivity contribution in [2.75, 3.05) is 13.4 Å². The molecule has 0 saturated heterocycles. The number of benzene rings is 1. The summed E-state index contributed by atoms with van der Waals surface area (Å²) in [5.41, 5.74) is 3.47. The highest BCUT2D eigenvalue weighted by atomic mass is 32.2. The van der Waals surface area contributed by atoms with Gasteiger partial charge in [-0.3, -0.25) is 14.4 Å². The van der Waals surface area contributed by atoms with Gasteiger partial charge >= 0.3 is 0 Å². The second-order valence-electron chi connectivity index (χ2n) is 8.36. The molecule has 0 unspecified atom stereocenters. The average Bonchev–Trinajstić information content (AvgIpc) is 3.34. The van der Waals surface area contributed by atoms with Crippen LogP contribution in [0.1, 0.15) is 28.1 Å². The molecule has 0 spiro atoms. The molecule has 12 heteroatoms. The van der Waals surface area contributed by atoms with Gasteiger partial charge in [0.1, 0.15) is 23.5 Å². The van der Waals surface area contributed by atoms with Crippen LogP contribution in [0.5, 0.6) is 5.75 Å². The first-order valence-corrected chi connectivity index (χ1v) is 12.9. The van der Waals surface area contributed by atoms with Crippen LogP contribution in [0, 0.1) is 0 Å². The molecule has 0 bridgehead atoms. The summed E-state index contributed by atoms with van der Waals surface area (Å²) in [6.07, 6.45) is -1.78. The predicted molar refractivity (Wildman–Crippen MR) is 131 cm³/mol. The maximum absolute atomic E-state index is 13.0. The number of thiophene rings is 1. The van der Waals surface area contributed by atoms with Crippen LogP contribution >= 0.6 is 23.1 Å². The lowest BCUT2D eigenvalue weighted by Crippen LogP contribution is -2.64. The molecule has 1 heterocycles. The average molecular weight is 524 g/mol. The zero-order valence-corrected chi connectivity index (χ0v) is 20.9. The van der Waals surface area contributed by atoms with E-state index in [9.17, 15) is 29.7 Å². The summed E-state index contributed by atoms with van der Waals surface area (Å²) in [5, 5.41) is 38.8. The van der Waals surface area contributed by atoms with Crippen molar-refractivity contribution in [2.45, 2.75) is 54.1 Å². The Morgan fingerprint density at radius 2 is 2.03 bits per heavy atom. The molecular weight excluding hydrogens is 494 g/mol.